The van der Waals surface area contributed by atoms with Crippen molar-refractivity contribution in [3.05, 3.63) is 52.0 Å². The molecule has 0 unspecified atom stereocenters. The molecule has 140 valence electrons. The lowest BCUT2D eigenvalue weighted by Crippen LogP contribution is -2.23. The van der Waals surface area contributed by atoms with E-state index in [1.165, 1.54) is 35.2 Å². The number of carbonyl (C=O) groups excluding carboxylic acids is 1. The average molecular weight is 407 g/mol. The first-order valence-corrected chi connectivity index (χ1v) is 8.10. The van der Waals surface area contributed by atoms with Crippen molar-refractivity contribution in [1.29, 1.82) is 0 Å². The number of anilines is 2. The summed E-state index contributed by atoms with van der Waals surface area (Å²) in [7, 11) is 3.24. The van der Waals surface area contributed by atoms with E-state index in [9.17, 15) is 18.0 Å². The highest BCUT2D eigenvalue weighted by molar-refractivity contribution is 6.35. The maximum Gasteiger partial charge on any atom is 0.418 e. The molecule has 0 aliphatic heterocycles. The molecule has 2 aromatic rings. The maximum atomic E-state index is 13.3. The van der Waals surface area contributed by atoms with E-state index in [0.717, 1.165) is 6.07 Å². The molecule has 0 saturated heterocycles. The molecule has 4 nitrogen and oxygen atoms in total. The van der Waals surface area contributed by atoms with Gasteiger partial charge in [0.25, 0.3) is 5.91 Å². The van der Waals surface area contributed by atoms with Gasteiger partial charge >= 0.3 is 6.18 Å². The van der Waals surface area contributed by atoms with E-state index in [1.54, 1.807) is 14.1 Å². The van der Waals surface area contributed by atoms with Crippen molar-refractivity contribution in [3.63, 3.8) is 0 Å². The molecule has 0 saturated carbocycles. The van der Waals surface area contributed by atoms with Crippen LogP contribution < -0.4 is 15.0 Å². The number of nitrogens with one attached hydrogen (secondary N) is 1. The number of hydrogen-bond acceptors (Lipinski definition) is 3. The molecule has 0 atom stereocenters. The lowest BCUT2D eigenvalue weighted by atomic mass is 10.1. The molecule has 0 aliphatic rings. The minimum absolute atomic E-state index is 0.191. The van der Waals surface area contributed by atoms with Gasteiger partial charge in [-0.2, -0.15) is 13.2 Å². The third kappa shape index (κ3) is 5.19. The van der Waals surface area contributed by atoms with E-state index < -0.39 is 24.3 Å². The zero-order valence-corrected chi connectivity index (χ0v) is 15.3. The van der Waals surface area contributed by atoms with E-state index >= 15 is 0 Å². The summed E-state index contributed by atoms with van der Waals surface area (Å²) in [5.74, 6) is -0.552. The van der Waals surface area contributed by atoms with Crippen molar-refractivity contribution in [2.24, 2.45) is 0 Å². The van der Waals surface area contributed by atoms with Crippen molar-refractivity contribution in [2.45, 2.75) is 6.18 Å². The molecule has 0 aliphatic carbocycles. The van der Waals surface area contributed by atoms with Gasteiger partial charge in [0.15, 0.2) is 6.61 Å². The van der Waals surface area contributed by atoms with Crippen molar-refractivity contribution in [1.82, 2.24) is 0 Å². The number of amides is 1. The van der Waals surface area contributed by atoms with Gasteiger partial charge in [-0.25, -0.2) is 0 Å². The van der Waals surface area contributed by atoms with Gasteiger partial charge in [-0.1, -0.05) is 23.2 Å². The van der Waals surface area contributed by atoms with Gasteiger partial charge in [-0.05, 0) is 36.4 Å². The highest BCUT2D eigenvalue weighted by Crippen LogP contribution is 2.37. The highest BCUT2D eigenvalue weighted by atomic mass is 35.5. The Morgan fingerprint density at radius 3 is 2.42 bits per heavy atom. The van der Waals surface area contributed by atoms with Crippen molar-refractivity contribution >= 4 is 40.5 Å². The number of benzene rings is 2. The summed E-state index contributed by atoms with van der Waals surface area (Å²) in [6, 6.07) is 8.05. The van der Waals surface area contributed by atoms with Gasteiger partial charge in [0.2, 0.25) is 0 Å². The Balaban J connectivity index is 2.13. The van der Waals surface area contributed by atoms with Crippen LogP contribution in [0.25, 0.3) is 0 Å². The Morgan fingerprint density at radius 2 is 1.85 bits per heavy atom. The predicted octanol–water partition coefficient (Wildman–Crippen LogP) is 5.10. The van der Waals surface area contributed by atoms with Gasteiger partial charge in [-0.15, -0.1) is 0 Å². The monoisotopic (exact) mass is 406 g/mol. The van der Waals surface area contributed by atoms with Gasteiger partial charge < -0.3 is 15.0 Å². The van der Waals surface area contributed by atoms with Crippen LogP contribution in [0, 0.1) is 0 Å². The Labute approximate surface area is 158 Å². The standard InChI is InChI=1S/C17H15Cl2F3N2O2/c1-24(2)11-4-5-14(12(8-11)17(20,21)22)23-16(25)9-26-15-6-3-10(18)7-13(15)19/h3-8H,9H2,1-2H3,(H,23,25). The Bertz CT molecular complexity index is 811. The molecule has 0 radical (unpaired) electrons. The second-order valence-corrected chi connectivity index (χ2v) is 6.38. The smallest absolute Gasteiger partial charge is 0.418 e. The second kappa shape index (κ2) is 8.05. The van der Waals surface area contributed by atoms with E-state index in [1.807, 2.05) is 0 Å². The van der Waals surface area contributed by atoms with Crippen LogP contribution in [-0.2, 0) is 11.0 Å². The Hall–Kier alpha value is -2.12. The molecule has 9 heteroatoms. The van der Waals surface area contributed by atoms with E-state index in [0.29, 0.717) is 10.7 Å². The minimum Gasteiger partial charge on any atom is -0.482 e. The minimum atomic E-state index is -4.62. The molecule has 0 bridgehead atoms. The van der Waals surface area contributed by atoms with Crippen LogP contribution in [0.15, 0.2) is 36.4 Å². The molecule has 2 rings (SSSR count). The average Bonchev–Trinajstić information content (AvgIpc) is 2.53. The molecular formula is C17H15Cl2F3N2O2. The normalized spacial score (nSPS) is 11.2. The van der Waals surface area contributed by atoms with Gasteiger partial charge in [0.05, 0.1) is 16.3 Å². The molecule has 1 N–H and O–H groups in total. The summed E-state index contributed by atoms with van der Waals surface area (Å²) in [5, 5.41) is 2.80. The Morgan fingerprint density at radius 1 is 1.15 bits per heavy atom. The number of ether oxygens (including phenoxy) is 1. The first-order valence-electron chi connectivity index (χ1n) is 7.34. The maximum absolute atomic E-state index is 13.3. The van der Waals surface area contributed by atoms with Crippen LogP contribution >= 0.6 is 23.2 Å². The fraction of sp³-hybridized carbons (Fsp3) is 0.235. The quantitative estimate of drug-likeness (QED) is 0.751. The number of hydrogen-bond donors (Lipinski definition) is 1. The number of halogens is 5. The molecular weight excluding hydrogens is 392 g/mol. The van der Waals surface area contributed by atoms with E-state index in [2.05, 4.69) is 5.32 Å². The fourth-order valence-corrected chi connectivity index (χ4v) is 2.54. The fourth-order valence-electron chi connectivity index (χ4n) is 2.08. The highest BCUT2D eigenvalue weighted by Gasteiger charge is 2.34. The van der Waals surface area contributed by atoms with Gasteiger partial charge in [0, 0.05) is 24.8 Å². The van der Waals surface area contributed by atoms with Crippen molar-refractivity contribution < 1.29 is 22.7 Å². The largest absolute Gasteiger partial charge is 0.482 e. The number of nitrogens with zero attached hydrogens (tertiary/aromatic N) is 1. The first kappa shape index (κ1) is 20.2. The first-order chi connectivity index (χ1) is 12.1. The van der Waals surface area contributed by atoms with Gasteiger partial charge in [0.1, 0.15) is 5.75 Å². The summed E-state index contributed by atoms with van der Waals surface area (Å²) in [5.41, 5.74) is -0.931. The molecule has 26 heavy (non-hydrogen) atoms. The van der Waals surface area contributed by atoms with Crippen LogP contribution in [-0.4, -0.2) is 26.6 Å². The number of carbonyl (C=O) groups is 1. The molecule has 0 aromatic heterocycles. The zero-order valence-electron chi connectivity index (χ0n) is 13.8. The van der Waals surface area contributed by atoms with Crippen LogP contribution in [0.2, 0.25) is 10.0 Å². The molecule has 0 fully saturated rings. The SMILES string of the molecule is CN(C)c1ccc(NC(=O)COc2ccc(Cl)cc2Cl)c(C(F)(F)F)c1. The van der Waals surface area contributed by atoms with Gasteiger partial charge in [-0.3, -0.25) is 4.79 Å². The molecule has 2 aromatic carbocycles. The van der Waals surface area contributed by atoms with E-state index in [4.69, 9.17) is 27.9 Å². The number of rotatable bonds is 5. The summed E-state index contributed by atoms with van der Waals surface area (Å²) in [4.78, 5) is 13.5. The summed E-state index contributed by atoms with van der Waals surface area (Å²) < 4.78 is 45.0. The molecule has 1 amide bonds. The lowest BCUT2D eigenvalue weighted by Gasteiger charge is -2.19. The van der Waals surface area contributed by atoms with Crippen molar-refractivity contribution in [3.8, 4) is 5.75 Å². The Kier molecular flexibility index (Phi) is 6.26. The third-order valence-corrected chi connectivity index (χ3v) is 3.88. The van der Waals surface area contributed by atoms with E-state index in [-0.39, 0.29) is 16.5 Å². The number of alkyl halides is 3. The molecule has 0 heterocycles. The predicted molar refractivity (Wildman–Crippen MR) is 96.4 cm³/mol. The summed E-state index contributed by atoms with van der Waals surface area (Å²) in [6.07, 6.45) is -4.62. The lowest BCUT2D eigenvalue weighted by molar-refractivity contribution is -0.137. The summed E-state index contributed by atoms with van der Waals surface area (Å²) in [6.45, 7) is -0.506. The third-order valence-electron chi connectivity index (χ3n) is 3.35. The molecule has 0 spiro atoms. The second-order valence-electron chi connectivity index (χ2n) is 5.53. The van der Waals surface area contributed by atoms with Crippen LogP contribution in [0.1, 0.15) is 5.56 Å². The topological polar surface area (TPSA) is 41.6 Å². The van der Waals surface area contributed by atoms with Crippen LogP contribution in [0.3, 0.4) is 0 Å². The van der Waals surface area contributed by atoms with Crippen molar-refractivity contribution in [2.75, 3.05) is 30.9 Å². The van der Waals surface area contributed by atoms with Crippen LogP contribution in [0.4, 0.5) is 24.5 Å². The van der Waals surface area contributed by atoms with Crippen LogP contribution in [0.5, 0.6) is 5.75 Å². The summed E-state index contributed by atoms with van der Waals surface area (Å²) >= 11 is 11.7. The zero-order chi connectivity index (χ0) is 19.5.